The number of rotatable bonds is 3. The Morgan fingerprint density at radius 1 is 1.30 bits per heavy atom. The van der Waals surface area contributed by atoms with Gasteiger partial charge in [-0.3, -0.25) is 9.69 Å². The van der Waals surface area contributed by atoms with Crippen molar-refractivity contribution in [3.63, 3.8) is 0 Å². The Kier molecular flexibility index (Phi) is 3.10. The van der Waals surface area contributed by atoms with Gasteiger partial charge in [0.25, 0.3) is 5.91 Å². The Hall–Kier alpha value is -2.08. The van der Waals surface area contributed by atoms with Crippen LogP contribution < -0.4 is 15.4 Å². The number of imide groups is 1. The third kappa shape index (κ3) is 2.02. The monoisotopic (exact) mass is 275 g/mol. The number of amides is 3. The van der Waals surface area contributed by atoms with E-state index in [0.29, 0.717) is 13.0 Å². The van der Waals surface area contributed by atoms with Crippen LogP contribution in [0.4, 0.5) is 4.79 Å². The van der Waals surface area contributed by atoms with Crippen molar-refractivity contribution >= 4 is 11.9 Å². The summed E-state index contributed by atoms with van der Waals surface area (Å²) in [6.45, 7) is 1.55. The highest BCUT2D eigenvalue weighted by Gasteiger charge is 2.52. The van der Waals surface area contributed by atoms with Crippen molar-refractivity contribution in [3.05, 3.63) is 29.8 Å². The molecule has 0 bridgehead atoms. The lowest BCUT2D eigenvalue weighted by Crippen LogP contribution is -2.48. The first-order chi connectivity index (χ1) is 9.64. The van der Waals surface area contributed by atoms with E-state index in [0.717, 1.165) is 17.9 Å². The average Bonchev–Trinajstić information content (AvgIpc) is 3.01. The molecule has 0 radical (unpaired) electrons. The van der Waals surface area contributed by atoms with Crippen molar-refractivity contribution in [1.29, 1.82) is 0 Å². The second-order valence-electron chi connectivity index (χ2n) is 5.18. The average molecular weight is 275 g/mol. The van der Waals surface area contributed by atoms with Crippen LogP contribution in [-0.2, 0) is 11.3 Å². The molecule has 1 spiro atoms. The molecule has 0 aromatic heterocycles. The van der Waals surface area contributed by atoms with E-state index < -0.39 is 5.54 Å². The van der Waals surface area contributed by atoms with Crippen molar-refractivity contribution in [2.45, 2.75) is 18.5 Å². The number of carbonyl (C=O) groups excluding carboxylic acids is 2. The largest absolute Gasteiger partial charge is 0.497 e. The van der Waals surface area contributed by atoms with Gasteiger partial charge in [0.1, 0.15) is 11.3 Å². The minimum Gasteiger partial charge on any atom is -0.497 e. The van der Waals surface area contributed by atoms with Gasteiger partial charge in [-0.2, -0.15) is 0 Å². The van der Waals surface area contributed by atoms with Crippen molar-refractivity contribution in [3.8, 4) is 5.75 Å². The molecule has 3 rings (SSSR count). The molecule has 0 aliphatic carbocycles. The summed E-state index contributed by atoms with van der Waals surface area (Å²) in [5.41, 5.74) is 0.168. The van der Waals surface area contributed by atoms with Crippen LogP contribution in [-0.4, -0.2) is 42.6 Å². The number of nitrogens with zero attached hydrogens (tertiary/aromatic N) is 1. The number of benzene rings is 1. The zero-order valence-electron chi connectivity index (χ0n) is 11.3. The zero-order valence-corrected chi connectivity index (χ0v) is 11.3. The lowest BCUT2D eigenvalue weighted by Gasteiger charge is -2.19. The second-order valence-corrected chi connectivity index (χ2v) is 5.18. The molecular formula is C14H17N3O3. The summed E-state index contributed by atoms with van der Waals surface area (Å²) in [7, 11) is 1.60. The summed E-state index contributed by atoms with van der Waals surface area (Å²) >= 11 is 0. The molecule has 6 heteroatoms. The zero-order chi connectivity index (χ0) is 14.2. The van der Waals surface area contributed by atoms with Gasteiger partial charge in [0.15, 0.2) is 0 Å². The normalized spacial score (nSPS) is 25.4. The van der Waals surface area contributed by atoms with E-state index in [1.807, 2.05) is 24.3 Å². The van der Waals surface area contributed by atoms with Crippen LogP contribution in [0.5, 0.6) is 5.75 Å². The van der Waals surface area contributed by atoms with E-state index in [4.69, 9.17) is 4.74 Å². The smallest absolute Gasteiger partial charge is 0.325 e. The highest BCUT2D eigenvalue weighted by atomic mass is 16.5. The van der Waals surface area contributed by atoms with Crippen LogP contribution in [0.15, 0.2) is 24.3 Å². The van der Waals surface area contributed by atoms with E-state index in [1.165, 1.54) is 4.90 Å². The Balaban J connectivity index is 1.76. The van der Waals surface area contributed by atoms with Gasteiger partial charge in [-0.1, -0.05) is 12.1 Å². The fraction of sp³-hybridized carbons (Fsp3) is 0.429. The van der Waals surface area contributed by atoms with Gasteiger partial charge in [0, 0.05) is 6.54 Å². The summed E-state index contributed by atoms with van der Waals surface area (Å²) in [6.07, 6.45) is 0.649. The lowest BCUT2D eigenvalue weighted by atomic mass is 9.99. The predicted molar refractivity (Wildman–Crippen MR) is 72.3 cm³/mol. The second kappa shape index (κ2) is 4.79. The van der Waals surface area contributed by atoms with E-state index in [-0.39, 0.29) is 18.5 Å². The minimum absolute atomic E-state index is 0.136. The fourth-order valence-corrected chi connectivity index (χ4v) is 2.71. The Bertz CT molecular complexity index is 535. The lowest BCUT2D eigenvalue weighted by molar-refractivity contribution is -0.131. The molecular weight excluding hydrogens is 258 g/mol. The van der Waals surface area contributed by atoms with Gasteiger partial charge in [0.2, 0.25) is 0 Å². The van der Waals surface area contributed by atoms with Crippen LogP contribution >= 0.6 is 0 Å². The first kappa shape index (κ1) is 12.9. The summed E-state index contributed by atoms with van der Waals surface area (Å²) < 4.78 is 5.09. The van der Waals surface area contributed by atoms with Crippen molar-refractivity contribution in [2.75, 3.05) is 20.2 Å². The molecule has 2 heterocycles. The third-order valence-electron chi connectivity index (χ3n) is 3.90. The van der Waals surface area contributed by atoms with Crippen molar-refractivity contribution in [1.82, 2.24) is 15.5 Å². The Morgan fingerprint density at radius 2 is 2.05 bits per heavy atom. The maximum absolute atomic E-state index is 12.4. The van der Waals surface area contributed by atoms with Gasteiger partial charge in [-0.15, -0.1) is 0 Å². The molecule has 2 fully saturated rings. The minimum atomic E-state index is -0.733. The highest BCUT2D eigenvalue weighted by Crippen LogP contribution is 2.25. The van der Waals surface area contributed by atoms with E-state index in [9.17, 15) is 9.59 Å². The van der Waals surface area contributed by atoms with Gasteiger partial charge in [0.05, 0.1) is 13.7 Å². The number of hydrogen-bond acceptors (Lipinski definition) is 4. The molecule has 2 saturated heterocycles. The summed E-state index contributed by atoms with van der Waals surface area (Å²) in [5.74, 6) is 0.616. The molecule has 20 heavy (non-hydrogen) atoms. The number of carbonyl (C=O) groups is 2. The van der Waals surface area contributed by atoms with Crippen molar-refractivity contribution in [2.24, 2.45) is 0 Å². The van der Waals surface area contributed by atoms with E-state index in [2.05, 4.69) is 10.6 Å². The van der Waals surface area contributed by atoms with Crippen LogP contribution in [0.1, 0.15) is 12.0 Å². The first-order valence-electron chi connectivity index (χ1n) is 6.62. The van der Waals surface area contributed by atoms with Crippen LogP contribution in [0.25, 0.3) is 0 Å². The molecule has 106 valence electrons. The molecule has 1 atom stereocenters. The summed E-state index contributed by atoms with van der Waals surface area (Å²) in [6, 6.07) is 7.05. The maximum atomic E-state index is 12.4. The predicted octanol–water partition coefficient (Wildman–Crippen LogP) is 0.479. The quantitative estimate of drug-likeness (QED) is 0.787. The molecule has 2 aliphatic rings. The Morgan fingerprint density at radius 3 is 2.65 bits per heavy atom. The number of nitrogens with one attached hydrogen (secondary N) is 2. The van der Waals surface area contributed by atoms with Crippen LogP contribution in [0.2, 0.25) is 0 Å². The first-order valence-corrected chi connectivity index (χ1v) is 6.62. The summed E-state index contributed by atoms with van der Waals surface area (Å²) in [4.78, 5) is 25.7. The number of methoxy groups -OCH3 is 1. The molecule has 1 aromatic carbocycles. The van der Waals surface area contributed by atoms with Gasteiger partial charge >= 0.3 is 6.03 Å². The SMILES string of the molecule is COc1ccc(CN2C(=O)N[C@]3(CCNC3)C2=O)cc1. The van der Waals surface area contributed by atoms with Gasteiger partial charge < -0.3 is 15.4 Å². The molecule has 1 aromatic rings. The third-order valence-corrected chi connectivity index (χ3v) is 3.90. The molecule has 6 nitrogen and oxygen atoms in total. The van der Waals surface area contributed by atoms with Crippen LogP contribution in [0, 0.1) is 0 Å². The van der Waals surface area contributed by atoms with Crippen molar-refractivity contribution < 1.29 is 14.3 Å². The summed E-state index contributed by atoms with van der Waals surface area (Å²) in [5, 5.41) is 5.95. The molecule has 3 amide bonds. The highest BCUT2D eigenvalue weighted by molar-refractivity contribution is 6.07. The maximum Gasteiger partial charge on any atom is 0.325 e. The molecule has 0 unspecified atom stereocenters. The number of urea groups is 1. The number of hydrogen-bond donors (Lipinski definition) is 2. The molecule has 0 saturated carbocycles. The van der Waals surface area contributed by atoms with Gasteiger partial charge in [-0.05, 0) is 30.7 Å². The van der Waals surface area contributed by atoms with Gasteiger partial charge in [-0.25, -0.2) is 4.79 Å². The number of ether oxygens (including phenoxy) is 1. The Labute approximate surface area is 117 Å². The topological polar surface area (TPSA) is 70.7 Å². The van der Waals surface area contributed by atoms with Crippen LogP contribution in [0.3, 0.4) is 0 Å². The standard InChI is InChI=1S/C14H17N3O3/c1-20-11-4-2-10(3-5-11)8-17-12(18)14(16-13(17)19)6-7-15-9-14/h2-5,15H,6-9H2,1H3,(H,16,19)/t14-/m0/s1. The fourth-order valence-electron chi connectivity index (χ4n) is 2.71. The van der Waals surface area contributed by atoms with E-state index >= 15 is 0 Å². The van der Waals surface area contributed by atoms with E-state index in [1.54, 1.807) is 7.11 Å². The molecule has 2 N–H and O–H groups in total. The molecule has 2 aliphatic heterocycles.